The van der Waals surface area contributed by atoms with Crippen LogP contribution in [0.25, 0.3) is 10.1 Å². The van der Waals surface area contributed by atoms with Crippen molar-refractivity contribution in [3.05, 3.63) is 55.5 Å². The molecule has 24 heavy (non-hydrogen) atoms. The molecule has 0 spiro atoms. The van der Waals surface area contributed by atoms with Crippen molar-refractivity contribution in [3.8, 4) is 0 Å². The van der Waals surface area contributed by atoms with Crippen LogP contribution in [0.15, 0.2) is 35.7 Å². The Kier molecular flexibility index (Phi) is 5.56. The number of ether oxygens (including phenoxy) is 1. The smallest absolute Gasteiger partial charge is 0.349 e. The van der Waals surface area contributed by atoms with Crippen LogP contribution < -0.4 is 0 Å². The molecule has 0 saturated heterocycles. The van der Waals surface area contributed by atoms with Crippen LogP contribution in [0.1, 0.15) is 32.2 Å². The second-order valence-corrected chi connectivity index (χ2v) is 7.84. The van der Waals surface area contributed by atoms with E-state index in [1.165, 1.54) is 22.7 Å². The first-order valence-corrected chi connectivity index (χ1v) is 9.63. The minimum atomic E-state index is -0.471. The Morgan fingerprint density at radius 3 is 2.75 bits per heavy atom. The minimum Gasteiger partial charge on any atom is -0.461 e. The van der Waals surface area contributed by atoms with E-state index in [9.17, 15) is 9.59 Å². The van der Waals surface area contributed by atoms with Crippen molar-refractivity contribution in [2.24, 2.45) is 0 Å². The Balaban J connectivity index is 1.57. The predicted molar refractivity (Wildman–Crippen MR) is 100 cm³/mol. The molecule has 0 bridgehead atoms. The zero-order chi connectivity index (χ0) is 17.1. The van der Waals surface area contributed by atoms with Crippen LogP contribution in [-0.4, -0.2) is 18.4 Å². The van der Waals surface area contributed by atoms with E-state index in [1.807, 2.05) is 11.4 Å². The number of halogens is 2. The Morgan fingerprint density at radius 1 is 1.17 bits per heavy atom. The highest BCUT2D eigenvalue weighted by molar-refractivity contribution is 7.21. The molecule has 3 rings (SSSR count). The number of esters is 1. The maximum atomic E-state index is 12.2. The lowest BCUT2D eigenvalue weighted by Gasteiger charge is -2.03. The summed E-state index contributed by atoms with van der Waals surface area (Å²) in [4.78, 5) is 25.1. The van der Waals surface area contributed by atoms with Gasteiger partial charge in [-0.25, -0.2) is 4.79 Å². The zero-order valence-electron chi connectivity index (χ0n) is 12.4. The van der Waals surface area contributed by atoms with Gasteiger partial charge in [0.1, 0.15) is 4.88 Å². The van der Waals surface area contributed by atoms with Gasteiger partial charge < -0.3 is 4.74 Å². The maximum Gasteiger partial charge on any atom is 0.349 e. The Morgan fingerprint density at radius 2 is 2.00 bits per heavy atom. The van der Waals surface area contributed by atoms with E-state index in [0.717, 1.165) is 15.0 Å². The molecular weight excluding hydrogens is 387 g/mol. The molecule has 0 aliphatic heterocycles. The second kappa shape index (κ2) is 7.66. The van der Waals surface area contributed by atoms with Gasteiger partial charge in [-0.1, -0.05) is 35.3 Å². The van der Waals surface area contributed by atoms with Crippen molar-refractivity contribution in [3.63, 3.8) is 0 Å². The molecule has 3 aromatic rings. The quantitative estimate of drug-likeness (QED) is 0.286. The summed E-state index contributed by atoms with van der Waals surface area (Å²) in [7, 11) is 0. The number of hydrogen-bond donors (Lipinski definition) is 0. The van der Waals surface area contributed by atoms with Gasteiger partial charge in [-0.2, -0.15) is 0 Å². The van der Waals surface area contributed by atoms with Crippen LogP contribution in [0, 0.1) is 0 Å². The Labute approximate surface area is 156 Å². The van der Waals surface area contributed by atoms with Crippen LogP contribution in [0.5, 0.6) is 0 Å². The van der Waals surface area contributed by atoms with Gasteiger partial charge in [0.25, 0.3) is 0 Å². The van der Waals surface area contributed by atoms with Gasteiger partial charge in [0.15, 0.2) is 5.78 Å². The van der Waals surface area contributed by atoms with Gasteiger partial charge >= 0.3 is 5.97 Å². The monoisotopic (exact) mass is 398 g/mol. The van der Waals surface area contributed by atoms with E-state index in [-0.39, 0.29) is 12.4 Å². The van der Waals surface area contributed by atoms with Gasteiger partial charge in [0, 0.05) is 21.5 Å². The largest absolute Gasteiger partial charge is 0.461 e. The first-order chi connectivity index (χ1) is 11.6. The molecular formula is C17H12Cl2O3S2. The summed E-state index contributed by atoms with van der Waals surface area (Å²) in [5.41, 5.74) is 0. The highest BCUT2D eigenvalue weighted by Crippen LogP contribution is 2.37. The standard InChI is InChI=1S/C17H12Cl2O3S2/c18-10-5-6-11-14(9-10)24-16(15(11)19)17(21)22-7-1-3-12(20)13-4-2-8-23-13/h2,4-6,8-9H,1,3,7H2. The molecule has 3 nitrogen and oxygen atoms in total. The van der Waals surface area contributed by atoms with Crippen molar-refractivity contribution >= 4 is 67.7 Å². The molecule has 0 amide bonds. The number of rotatable bonds is 6. The van der Waals surface area contributed by atoms with E-state index < -0.39 is 5.97 Å². The number of fused-ring (bicyclic) bond motifs is 1. The number of carbonyl (C=O) groups is 2. The minimum absolute atomic E-state index is 0.0654. The van der Waals surface area contributed by atoms with Gasteiger partial charge in [-0.3, -0.25) is 4.79 Å². The second-order valence-electron chi connectivity index (χ2n) is 5.03. The molecule has 124 valence electrons. The highest BCUT2D eigenvalue weighted by atomic mass is 35.5. The van der Waals surface area contributed by atoms with Crippen LogP contribution in [0.4, 0.5) is 0 Å². The molecule has 0 saturated carbocycles. The van der Waals surface area contributed by atoms with E-state index in [4.69, 9.17) is 27.9 Å². The molecule has 2 heterocycles. The van der Waals surface area contributed by atoms with E-state index in [0.29, 0.717) is 27.8 Å². The van der Waals surface area contributed by atoms with Gasteiger partial charge in [0.05, 0.1) is 16.5 Å². The van der Waals surface area contributed by atoms with Crippen LogP contribution in [0.2, 0.25) is 10.0 Å². The fourth-order valence-electron chi connectivity index (χ4n) is 2.19. The molecule has 0 atom stereocenters. The maximum absolute atomic E-state index is 12.2. The summed E-state index contributed by atoms with van der Waals surface area (Å²) in [6, 6.07) is 8.92. The third-order valence-corrected chi connectivity index (χ3v) is 6.14. The lowest BCUT2D eigenvalue weighted by molar-refractivity contribution is 0.0500. The molecule has 0 fully saturated rings. The number of Topliss-reactive ketones (excluding diaryl/α,β-unsaturated/α-hetero) is 1. The first kappa shape index (κ1) is 17.4. The van der Waals surface area contributed by atoms with Crippen LogP contribution in [0.3, 0.4) is 0 Å². The fraction of sp³-hybridized carbons (Fsp3) is 0.176. The summed E-state index contributed by atoms with van der Waals surface area (Å²) in [6.45, 7) is 0.182. The van der Waals surface area contributed by atoms with Crippen LogP contribution in [-0.2, 0) is 4.74 Å². The molecule has 0 radical (unpaired) electrons. The SMILES string of the molecule is O=C(CCCOC(=O)c1sc2cc(Cl)ccc2c1Cl)c1cccs1. The molecule has 0 N–H and O–H groups in total. The molecule has 0 aliphatic carbocycles. The third kappa shape index (κ3) is 3.81. The van der Waals surface area contributed by atoms with E-state index in [2.05, 4.69) is 0 Å². The average Bonchev–Trinajstić information content (AvgIpc) is 3.19. The third-order valence-electron chi connectivity index (χ3n) is 3.35. The van der Waals surface area contributed by atoms with Crippen molar-refractivity contribution in [2.45, 2.75) is 12.8 Å². The summed E-state index contributed by atoms with van der Waals surface area (Å²) in [5.74, 6) is -0.406. The molecule has 0 aliphatic rings. The normalized spacial score (nSPS) is 10.9. The van der Waals surface area contributed by atoms with Crippen LogP contribution >= 0.6 is 45.9 Å². The van der Waals surface area contributed by atoms with E-state index in [1.54, 1.807) is 24.3 Å². The van der Waals surface area contributed by atoms with Crippen molar-refractivity contribution in [1.29, 1.82) is 0 Å². The van der Waals surface area contributed by atoms with E-state index >= 15 is 0 Å². The molecule has 0 unspecified atom stereocenters. The summed E-state index contributed by atoms with van der Waals surface area (Å²) >= 11 is 14.9. The average molecular weight is 399 g/mol. The molecule has 1 aromatic carbocycles. The highest BCUT2D eigenvalue weighted by Gasteiger charge is 2.18. The Hall–Kier alpha value is -1.40. The lowest BCUT2D eigenvalue weighted by atomic mass is 10.2. The lowest BCUT2D eigenvalue weighted by Crippen LogP contribution is -2.07. The van der Waals surface area contributed by atoms with Gasteiger partial charge in [-0.15, -0.1) is 22.7 Å². The summed E-state index contributed by atoms with van der Waals surface area (Å²) in [5, 5.41) is 3.62. The number of carbonyl (C=O) groups excluding carboxylic acids is 2. The van der Waals surface area contributed by atoms with Gasteiger partial charge in [-0.05, 0) is 30.0 Å². The number of ketones is 1. The summed E-state index contributed by atoms with van der Waals surface area (Å²) < 4.78 is 6.08. The number of benzene rings is 1. The zero-order valence-corrected chi connectivity index (χ0v) is 15.5. The predicted octanol–water partition coefficient (Wildman–Crippen LogP) is 6.09. The number of thiophene rings is 2. The Bertz CT molecular complexity index is 885. The topological polar surface area (TPSA) is 43.4 Å². The van der Waals surface area contributed by atoms with Gasteiger partial charge in [0.2, 0.25) is 0 Å². The summed E-state index contributed by atoms with van der Waals surface area (Å²) in [6.07, 6.45) is 0.834. The first-order valence-electron chi connectivity index (χ1n) is 7.17. The molecule has 2 aromatic heterocycles. The van der Waals surface area contributed by atoms with Crippen molar-refractivity contribution in [1.82, 2.24) is 0 Å². The van der Waals surface area contributed by atoms with Crippen molar-refractivity contribution < 1.29 is 14.3 Å². The van der Waals surface area contributed by atoms with Crippen molar-refractivity contribution in [2.75, 3.05) is 6.61 Å². The number of hydrogen-bond acceptors (Lipinski definition) is 5. The fourth-order valence-corrected chi connectivity index (χ4v) is 4.57. The molecule has 7 heteroatoms.